The molecule has 1 amide bonds. The van der Waals surface area contributed by atoms with Crippen molar-refractivity contribution >= 4 is 22.8 Å². The molecule has 3 rings (SSSR count). The number of carboxylic acid groups (broad SMARTS) is 1. The maximum atomic E-state index is 12.4. The number of benzene rings is 1. The molecule has 20 heavy (non-hydrogen) atoms. The Labute approximate surface area is 116 Å². The summed E-state index contributed by atoms with van der Waals surface area (Å²) in [6.45, 7) is 0. The third-order valence-corrected chi connectivity index (χ3v) is 4.05. The molecule has 1 heterocycles. The summed E-state index contributed by atoms with van der Waals surface area (Å²) < 4.78 is 0. The second kappa shape index (κ2) is 4.67. The van der Waals surface area contributed by atoms with Gasteiger partial charge in [-0.15, -0.1) is 0 Å². The third-order valence-electron chi connectivity index (χ3n) is 4.05. The molecule has 0 saturated heterocycles. The van der Waals surface area contributed by atoms with E-state index in [0.29, 0.717) is 18.4 Å². The maximum Gasteiger partial charge on any atom is 0.329 e. The first-order chi connectivity index (χ1) is 9.62. The Morgan fingerprint density at radius 3 is 2.60 bits per heavy atom. The molecular formula is C15H16N2O3. The van der Waals surface area contributed by atoms with Crippen LogP contribution in [0.1, 0.15) is 36.0 Å². The molecule has 2 aromatic rings. The molecule has 0 bridgehead atoms. The fourth-order valence-corrected chi connectivity index (χ4v) is 2.91. The van der Waals surface area contributed by atoms with Crippen LogP contribution >= 0.6 is 0 Å². The van der Waals surface area contributed by atoms with Gasteiger partial charge in [-0.3, -0.25) is 4.79 Å². The highest BCUT2D eigenvalue weighted by molar-refractivity contribution is 6.08. The summed E-state index contributed by atoms with van der Waals surface area (Å²) in [4.78, 5) is 26.9. The summed E-state index contributed by atoms with van der Waals surface area (Å²) in [6, 6.07) is 7.48. The molecule has 5 nitrogen and oxygen atoms in total. The van der Waals surface area contributed by atoms with Crippen molar-refractivity contribution in [3.63, 3.8) is 0 Å². The number of carbonyl (C=O) groups excluding carboxylic acids is 1. The second-order valence-corrected chi connectivity index (χ2v) is 5.30. The minimum atomic E-state index is -1.10. The highest BCUT2D eigenvalue weighted by Crippen LogP contribution is 2.30. The van der Waals surface area contributed by atoms with E-state index < -0.39 is 11.5 Å². The highest BCUT2D eigenvalue weighted by Gasteiger charge is 2.42. The van der Waals surface area contributed by atoms with E-state index in [2.05, 4.69) is 10.3 Å². The number of nitrogens with one attached hydrogen (secondary N) is 2. The van der Waals surface area contributed by atoms with Crippen LogP contribution in [0.5, 0.6) is 0 Å². The molecule has 0 unspecified atom stereocenters. The normalized spacial score (nSPS) is 17.2. The fraction of sp³-hybridized carbons (Fsp3) is 0.333. The number of amides is 1. The van der Waals surface area contributed by atoms with Gasteiger partial charge >= 0.3 is 5.97 Å². The monoisotopic (exact) mass is 272 g/mol. The quantitative estimate of drug-likeness (QED) is 0.801. The van der Waals surface area contributed by atoms with Crippen LogP contribution in [0.15, 0.2) is 30.5 Å². The van der Waals surface area contributed by atoms with Crippen molar-refractivity contribution in [2.75, 3.05) is 0 Å². The zero-order chi connectivity index (χ0) is 14.2. The average molecular weight is 272 g/mol. The number of carbonyl (C=O) groups is 2. The minimum Gasteiger partial charge on any atom is -0.480 e. The van der Waals surface area contributed by atoms with E-state index in [1.165, 1.54) is 0 Å². The van der Waals surface area contributed by atoms with Crippen molar-refractivity contribution in [1.29, 1.82) is 0 Å². The number of aliphatic carboxylic acids is 1. The Morgan fingerprint density at radius 2 is 1.90 bits per heavy atom. The number of para-hydroxylation sites is 1. The molecule has 5 heteroatoms. The summed E-state index contributed by atoms with van der Waals surface area (Å²) in [5, 5.41) is 12.9. The van der Waals surface area contributed by atoms with Crippen LogP contribution in [0.4, 0.5) is 0 Å². The Hall–Kier alpha value is -2.30. The van der Waals surface area contributed by atoms with Gasteiger partial charge in [-0.1, -0.05) is 31.0 Å². The lowest BCUT2D eigenvalue weighted by atomic mass is 9.97. The Kier molecular flexibility index (Phi) is 2.97. The van der Waals surface area contributed by atoms with Crippen molar-refractivity contribution < 1.29 is 14.7 Å². The molecule has 1 aliphatic rings. The molecule has 0 atom stereocenters. The zero-order valence-electron chi connectivity index (χ0n) is 11.0. The van der Waals surface area contributed by atoms with Crippen molar-refractivity contribution in [3.8, 4) is 0 Å². The number of aromatic nitrogens is 1. The number of H-pyrrole nitrogens is 1. The second-order valence-electron chi connectivity index (χ2n) is 5.30. The van der Waals surface area contributed by atoms with Gasteiger partial charge in [0.1, 0.15) is 5.54 Å². The molecule has 1 fully saturated rings. The third kappa shape index (κ3) is 1.95. The molecule has 104 valence electrons. The summed E-state index contributed by atoms with van der Waals surface area (Å²) >= 11 is 0. The van der Waals surface area contributed by atoms with Gasteiger partial charge < -0.3 is 15.4 Å². The molecule has 3 N–H and O–H groups in total. The van der Waals surface area contributed by atoms with Crippen LogP contribution in [0.3, 0.4) is 0 Å². The SMILES string of the molecule is O=C(NC1(C(=O)O)CCCC1)c1c[nH]c2ccccc12. The Balaban J connectivity index is 1.91. The summed E-state index contributed by atoms with van der Waals surface area (Å²) in [6.07, 6.45) is 4.29. The maximum absolute atomic E-state index is 12.4. The van der Waals surface area contributed by atoms with Gasteiger partial charge in [0, 0.05) is 17.1 Å². The standard InChI is InChI=1S/C15H16N2O3/c18-13(17-15(14(19)20)7-3-4-8-15)11-9-16-12-6-2-1-5-10(11)12/h1-2,5-6,9,16H,3-4,7-8H2,(H,17,18)(H,19,20). The predicted octanol–water partition coefficient (Wildman–Crippen LogP) is 2.30. The van der Waals surface area contributed by atoms with E-state index in [-0.39, 0.29) is 5.91 Å². The van der Waals surface area contributed by atoms with E-state index in [1.807, 2.05) is 24.3 Å². The van der Waals surface area contributed by atoms with Crippen LogP contribution < -0.4 is 5.32 Å². The van der Waals surface area contributed by atoms with Crippen LogP contribution in [-0.2, 0) is 4.79 Å². The van der Waals surface area contributed by atoms with Crippen LogP contribution in [0, 0.1) is 0 Å². The van der Waals surface area contributed by atoms with Crippen LogP contribution in [0.2, 0.25) is 0 Å². The number of rotatable bonds is 3. The first kappa shape index (κ1) is 12.7. The van der Waals surface area contributed by atoms with E-state index in [9.17, 15) is 14.7 Å². The van der Waals surface area contributed by atoms with Gasteiger partial charge in [0.25, 0.3) is 5.91 Å². The van der Waals surface area contributed by atoms with Gasteiger partial charge in [0.05, 0.1) is 5.56 Å². The summed E-state index contributed by atoms with van der Waals surface area (Å²) in [7, 11) is 0. The van der Waals surface area contributed by atoms with Crippen molar-refractivity contribution in [2.45, 2.75) is 31.2 Å². The fourth-order valence-electron chi connectivity index (χ4n) is 2.91. The summed E-state index contributed by atoms with van der Waals surface area (Å²) in [5.41, 5.74) is 0.261. The molecule has 1 saturated carbocycles. The number of aromatic amines is 1. The first-order valence-corrected chi connectivity index (χ1v) is 6.74. The lowest BCUT2D eigenvalue weighted by molar-refractivity contribution is -0.144. The van der Waals surface area contributed by atoms with Gasteiger partial charge in [0.15, 0.2) is 0 Å². The van der Waals surface area contributed by atoms with Gasteiger partial charge in [-0.05, 0) is 18.9 Å². The Bertz CT molecular complexity index is 669. The smallest absolute Gasteiger partial charge is 0.329 e. The van der Waals surface area contributed by atoms with Gasteiger partial charge in [0.2, 0.25) is 0 Å². The largest absolute Gasteiger partial charge is 0.480 e. The molecular weight excluding hydrogens is 256 g/mol. The lowest BCUT2D eigenvalue weighted by Gasteiger charge is -2.25. The van der Waals surface area contributed by atoms with E-state index in [0.717, 1.165) is 23.7 Å². The molecule has 1 aromatic carbocycles. The topological polar surface area (TPSA) is 82.2 Å². The van der Waals surface area contributed by atoms with Crippen LogP contribution in [0.25, 0.3) is 10.9 Å². The first-order valence-electron chi connectivity index (χ1n) is 6.74. The van der Waals surface area contributed by atoms with Gasteiger partial charge in [-0.2, -0.15) is 0 Å². The summed E-state index contributed by atoms with van der Waals surface area (Å²) in [5.74, 6) is -1.27. The highest BCUT2D eigenvalue weighted by atomic mass is 16.4. The molecule has 1 aliphatic carbocycles. The van der Waals surface area contributed by atoms with E-state index >= 15 is 0 Å². The predicted molar refractivity (Wildman–Crippen MR) is 74.6 cm³/mol. The number of hydrogen-bond donors (Lipinski definition) is 3. The zero-order valence-corrected chi connectivity index (χ0v) is 11.0. The number of carboxylic acids is 1. The number of hydrogen-bond acceptors (Lipinski definition) is 2. The number of fused-ring (bicyclic) bond motifs is 1. The molecule has 0 aliphatic heterocycles. The average Bonchev–Trinajstić information content (AvgIpc) is 3.05. The molecule has 0 spiro atoms. The Morgan fingerprint density at radius 1 is 1.20 bits per heavy atom. The van der Waals surface area contributed by atoms with E-state index in [1.54, 1.807) is 6.20 Å². The molecule has 0 radical (unpaired) electrons. The minimum absolute atomic E-state index is 0.327. The van der Waals surface area contributed by atoms with Crippen molar-refractivity contribution in [2.24, 2.45) is 0 Å². The molecule has 1 aromatic heterocycles. The van der Waals surface area contributed by atoms with Crippen molar-refractivity contribution in [1.82, 2.24) is 10.3 Å². The van der Waals surface area contributed by atoms with Crippen molar-refractivity contribution in [3.05, 3.63) is 36.0 Å². The van der Waals surface area contributed by atoms with E-state index in [4.69, 9.17) is 0 Å². The van der Waals surface area contributed by atoms with Gasteiger partial charge in [-0.25, -0.2) is 4.79 Å². The van der Waals surface area contributed by atoms with Crippen LogP contribution in [-0.4, -0.2) is 27.5 Å². The lowest BCUT2D eigenvalue weighted by Crippen LogP contribution is -2.52.